The van der Waals surface area contributed by atoms with Crippen LogP contribution in [-0.2, 0) is 45.2 Å². The van der Waals surface area contributed by atoms with Crippen molar-refractivity contribution in [3.8, 4) is 56.9 Å². The van der Waals surface area contributed by atoms with Crippen molar-refractivity contribution in [1.29, 1.82) is 0 Å². The van der Waals surface area contributed by atoms with Crippen molar-refractivity contribution in [3.63, 3.8) is 0 Å². The summed E-state index contributed by atoms with van der Waals surface area (Å²) in [6.45, 7) is 6.80. The minimum Gasteiger partial charge on any atom is -0.388 e. The Bertz CT molecular complexity index is 3020. The van der Waals surface area contributed by atoms with E-state index in [2.05, 4.69) is 53.6 Å². The van der Waals surface area contributed by atoms with Crippen LogP contribution in [0.4, 0.5) is 0 Å². The van der Waals surface area contributed by atoms with Gasteiger partial charge in [0, 0.05) is 51.3 Å². The van der Waals surface area contributed by atoms with Gasteiger partial charge in [0.25, 0.3) is 11.8 Å². The second-order valence-electron chi connectivity index (χ2n) is 20.1. The predicted molar refractivity (Wildman–Crippen MR) is 241 cm³/mol. The molecule has 0 radical (unpaired) electrons. The molecule has 2 saturated carbocycles. The summed E-state index contributed by atoms with van der Waals surface area (Å²) in [5.74, 6) is 5.85. The van der Waals surface area contributed by atoms with E-state index in [1.54, 1.807) is 13.8 Å². The zero-order chi connectivity index (χ0) is 43.8. The van der Waals surface area contributed by atoms with Gasteiger partial charge in [0.1, 0.15) is 17.0 Å². The number of pyridine rings is 2. The average molecular weight is 851 g/mol. The van der Waals surface area contributed by atoms with E-state index in [0.29, 0.717) is 37.2 Å². The highest BCUT2D eigenvalue weighted by Crippen LogP contribution is 2.49. The van der Waals surface area contributed by atoms with Crippen LogP contribution in [0.3, 0.4) is 0 Å². The van der Waals surface area contributed by atoms with Crippen LogP contribution < -0.4 is 5.32 Å². The average Bonchev–Trinajstić information content (AvgIpc) is 4.14. The molecule has 0 saturated heterocycles. The summed E-state index contributed by atoms with van der Waals surface area (Å²) in [4.78, 5) is 39.3. The summed E-state index contributed by atoms with van der Waals surface area (Å²) in [6.07, 6.45) is 11.9. The number of aliphatic hydroxyl groups is 2. The molecule has 4 aliphatic carbocycles. The van der Waals surface area contributed by atoms with E-state index in [1.165, 1.54) is 0 Å². The van der Waals surface area contributed by atoms with E-state index < -0.39 is 11.2 Å². The van der Waals surface area contributed by atoms with E-state index in [-0.39, 0.29) is 29.4 Å². The van der Waals surface area contributed by atoms with Gasteiger partial charge in [-0.3, -0.25) is 28.9 Å². The number of aromatic nitrogens is 6. The quantitative estimate of drug-likeness (QED) is 0.154. The Hall–Kier alpha value is -6.42. The highest BCUT2D eigenvalue weighted by atomic mass is 16.3. The van der Waals surface area contributed by atoms with Gasteiger partial charge in [0.05, 0.1) is 59.1 Å². The van der Waals surface area contributed by atoms with Crippen LogP contribution in [-0.4, -0.2) is 85.3 Å². The van der Waals surface area contributed by atoms with Crippen molar-refractivity contribution in [3.05, 3.63) is 118 Å². The molecule has 12 nitrogen and oxygen atoms in total. The van der Waals surface area contributed by atoms with Crippen LogP contribution in [0.5, 0.6) is 0 Å². The fraction of sp³-hybridized carbons (Fsp3) is 0.385. The molecule has 1 atom stereocenters. The molecule has 64 heavy (non-hydrogen) atoms. The lowest BCUT2D eigenvalue weighted by molar-refractivity contribution is -0.00941. The first-order valence-electron chi connectivity index (χ1n) is 22.7. The number of benzene rings is 2. The van der Waals surface area contributed by atoms with Crippen LogP contribution >= 0.6 is 0 Å². The maximum absolute atomic E-state index is 14.6. The van der Waals surface area contributed by atoms with Crippen LogP contribution in [0.15, 0.2) is 73.1 Å². The third kappa shape index (κ3) is 6.67. The minimum atomic E-state index is -1.10. The molecular weight excluding hydrogens is 801 g/mol. The van der Waals surface area contributed by atoms with Crippen molar-refractivity contribution in [2.45, 2.75) is 120 Å². The number of nitrogens with one attached hydrogen (secondary N) is 1. The van der Waals surface area contributed by atoms with Crippen molar-refractivity contribution in [2.75, 3.05) is 6.54 Å². The molecule has 12 heteroatoms. The first-order valence-corrected chi connectivity index (χ1v) is 22.7. The van der Waals surface area contributed by atoms with E-state index in [4.69, 9.17) is 20.2 Å². The number of β-amino-alcohol motifs (C(OH)–C–C–N with tert-alkyl or cyclic N) is 1. The van der Waals surface area contributed by atoms with Crippen LogP contribution in [0.2, 0.25) is 0 Å². The molecule has 6 heterocycles. The molecule has 3 N–H and O–H groups in total. The molecule has 2 spiro atoms. The maximum atomic E-state index is 14.6. The van der Waals surface area contributed by atoms with Crippen molar-refractivity contribution < 1.29 is 19.8 Å². The number of carbonyl (C=O) groups is 2. The third-order valence-corrected chi connectivity index (χ3v) is 14.5. The van der Waals surface area contributed by atoms with Crippen molar-refractivity contribution in [2.24, 2.45) is 0 Å². The Kier molecular flexibility index (Phi) is 8.45. The van der Waals surface area contributed by atoms with Crippen LogP contribution in [0, 0.1) is 11.8 Å². The number of nitrogens with zero attached hydrogens (tertiary/aromatic N) is 7. The van der Waals surface area contributed by atoms with Gasteiger partial charge < -0.3 is 20.4 Å². The summed E-state index contributed by atoms with van der Waals surface area (Å²) in [7, 11) is 0. The molecular formula is C52H50N8O4. The lowest BCUT2D eigenvalue weighted by atomic mass is 9.88. The summed E-state index contributed by atoms with van der Waals surface area (Å²) in [5.41, 5.74) is 12.4. The Balaban J connectivity index is 0.741. The molecule has 4 aromatic heterocycles. The smallest absolute Gasteiger partial charge is 0.273 e. The molecule has 2 aromatic carbocycles. The molecule has 6 aliphatic rings. The highest BCUT2D eigenvalue weighted by Gasteiger charge is 2.56. The summed E-state index contributed by atoms with van der Waals surface area (Å²) >= 11 is 0. The number of amides is 2. The summed E-state index contributed by atoms with van der Waals surface area (Å²) in [6, 6.07) is 20.5. The lowest BCUT2D eigenvalue weighted by Crippen LogP contribution is -2.55. The number of hydrogen-bond donors (Lipinski definition) is 3. The SMILES string of the molecule is CC(C)(O)C#Cc1ccc(-c2cc3c(cn2)CCc2c-3nn3c2C(=O)N(CC(C)(O)CCc2ccc(-c4cc5c(cn4)CCc4c-5nn5c4C(=O)NC4(CC4)C5)cc2)C2(CC2)C3)cc1. The first-order chi connectivity index (χ1) is 30.7. The van der Waals surface area contributed by atoms with Gasteiger partial charge in [-0.15, -0.1) is 0 Å². The molecule has 2 amide bonds. The largest absolute Gasteiger partial charge is 0.388 e. The van der Waals surface area contributed by atoms with Gasteiger partial charge >= 0.3 is 0 Å². The zero-order valence-electron chi connectivity index (χ0n) is 36.5. The molecule has 1 unspecified atom stereocenters. The second kappa shape index (κ2) is 13.8. The predicted octanol–water partition coefficient (Wildman–Crippen LogP) is 6.51. The number of hydrogen-bond acceptors (Lipinski definition) is 8. The Morgan fingerprint density at radius 2 is 1.31 bits per heavy atom. The van der Waals surface area contributed by atoms with Gasteiger partial charge in [0.15, 0.2) is 0 Å². The third-order valence-electron chi connectivity index (χ3n) is 14.5. The normalized spacial score (nSPS) is 19.0. The second-order valence-corrected chi connectivity index (χ2v) is 20.1. The fourth-order valence-corrected chi connectivity index (χ4v) is 10.5. The number of fused-ring (bicyclic) bond motifs is 10. The number of aryl methyl sites for hydroxylation is 3. The molecule has 6 aromatic rings. The van der Waals surface area contributed by atoms with Crippen LogP contribution in [0.25, 0.3) is 45.0 Å². The van der Waals surface area contributed by atoms with E-state index >= 15 is 0 Å². The maximum Gasteiger partial charge on any atom is 0.273 e. The monoisotopic (exact) mass is 850 g/mol. The molecule has 2 fully saturated rings. The lowest BCUT2D eigenvalue weighted by Gasteiger charge is -2.41. The molecule has 322 valence electrons. The number of rotatable bonds is 7. The van der Waals surface area contributed by atoms with Gasteiger partial charge in [0.2, 0.25) is 0 Å². The van der Waals surface area contributed by atoms with E-state index in [9.17, 15) is 19.8 Å². The van der Waals surface area contributed by atoms with Gasteiger partial charge in [-0.1, -0.05) is 48.2 Å². The number of carbonyl (C=O) groups excluding carboxylic acids is 2. The van der Waals surface area contributed by atoms with Crippen LogP contribution in [0.1, 0.15) is 107 Å². The summed E-state index contributed by atoms with van der Waals surface area (Å²) in [5, 5.41) is 35.3. The van der Waals surface area contributed by atoms with Gasteiger partial charge in [-0.05, 0) is 126 Å². The van der Waals surface area contributed by atoms with Crippen molar-refractivity contribution >= 4 is 11.8 Å². The zero-order valence-corrected chi connectivity index (χ0v) is 36.5. The highest BCUT2D eigenvalue weighted by molar-refractivity contribution is 5.99. The standard InChI is InChI=1S/C52H50N8O4/c1-49(2,63)18-16-31-4-8-33(9-5-31)42-25-40-36(27-54-42)13-15-38-44(40)57-60-30-52(22-23-52)58(48(62)46(38)60)28-50(3,64)19-17-32-6-10-34(11-7-32)41-24-39-35(26-53-41)12-14-37-43(39)56-59-29-51(20-21-51)55-47(61)45(37)59/h4-11,24-27,63-64H,12-15,17,19-23,28-30H2,1-3H3,(H,55,61). The van der Waals surface area contributed by atoms with E-state index in [1.807, 2.05) is 57.8 Å². The molecule has 12 rings (SSSR count). The van der Waals surface area contributed by atoms with Gasteiger partial charge in [-0.2, -0.15) is 10.2 Å². The summed E-state index contributed by atoms with van der Waals surface area (Å²) < 4.78 is 3.88. The molecule has 2 aliphatic heterocycles. The Morgan fingerprint density at radius 1 is 0.734 bits per heavy atom. The van der Waals surface area contributed by atoms with Crippen molar-refractivity contribution in [1.82, 2.24) is 39.7 Å². The Morgan fingerprint density at radius 3 is 1.89 bits per heavy atom. The minimum absolute atomic E-state index is 0.00102. The molecule has 0 bridgehead atoms. The fourth-order valence-electron chi connectivity index (χ4n) is 10.5. The first kappa shape index (κ1) is 39.2. The van der Waals surface area contributed by atoms with Gasteiger partial charge in [-0.25, -0.2) is 0 Å². The topological polar surface area (TPSA) is 151 Å². The Labute approximate surface area is 371 Å². The van der Waals surface area contributed by atoms with E-state index in [0.717, 1.165) is 130 Å².